The highest BCUT2D eigenvalue weighted by molar-refractivity contribution is 6.30. The summed E-state index contributed by atoms with van der Waals surface area (Å²) in [6.07, 6.45) is 6.32. The number of pyridine rings is 4. The average Bonchev–Trinajstić information content (AvgIpc) is 3.23. The van der Waals surface area contributed by atoms with Gasteiger partial charge in [0.25, 0.3) is 5.91 Å². The molecule has 4 N–H and O–H groups in total. The van der Waals surface area contributed by atoms with Crippen LogP contribution in [0.25, 0.3) is 22.3 Å². The summed E-state index contributed by atoms with van der Waals surface area (Å²) in [6.45, 7) is 13.5. The third-order valence-electron chi connectivity index (χ3n) is 9.02. The molecule has 0 spiro atoms. The minimum absolute atomic E-state index is 0.145. The lowest BCUT2D eigenvalue weighted by Crippen LogP contribution is -2.17. The number of carbonyl (C=O) groups is 2. The third kappa shape index (κ3) is 11.7. The Balaban J connectivity index is 0.000000217. The molecule has 0 saturated carbocycles. The Labute approximate surface area is 359 Å². The zero-order chi connectivity index (χ0) is 44.4. The van der Waals surface area contributed by atoms with Gasteiger partial charge in [-0.25, -0.2) is 14.8 Å². The van der Waals surface area contributed by atoms with Crippen LogP contribution in [0.5, 0.6) is 0 Å². The molecule has 60 heavy (non-hydrogen) atoms. The predicted octanol–water partition coefficient (Wildman–Crippen LogP) is 10.3. The Morgan fingerprint density at radius 3 is 1.70 bits per heavy atom. The molecule has 2 aromatic carbocycles. The number of hydrogen-bond acceptors (Lipinski definition) is 10. The second-order valence-corrected chi connectivity index (χ2v) is 15.8. The number of nitriles is 3. The fourth-order valence-electron chi connectivity index (χ4n) is 5.46. The Morgan fingerprint density at radius 2 is 1.18 bits per heavy atom. The highest BCUT2D eigenvalue weighted by atomic mass is 35.5. The van der Waals surface area contributed by atoms with Crippen molar-refractivity contribution in [3.63, 3.8) is 0 Å². The fourth-order valence-corrected chi connectivity index (χ4v) is 5.75. The molecule has 4 heterocycles. The Bertz CT molecular complexity index is 2710. The number of hydrogen-bond donors (Lipinski definition) is 3. The fraction of sp³-hybridized carbons (Fsp3) is 0.196. The number of aryl methyl sites for hydroxylation is 2. The van der Waals surface area contributed by atoms with Gasteiger partial charge in [0.15, 0.2) is 0 Å². The summed E-state index contributed by atoms with van der Waals surface area (Å²) in [6, 6.07) is 27.1. The maximum Gasteiger partial charge on any atom is 0.335 e. The summed E-state index contributed by atoms with van der Waals surface area (Å²) < 4.78 is 0. The molecule has 0 aliphatic heterocycles. The van der Waals surface area contributed by atoms with E-state index < -0.39 is 11.4 Å². The lowest BCUT2D eigenvalue weighted by atomic mass is 9.90. The number of amides is 1. The molecule has 4 aromatic heterocycles. The minimum atomic E-state index is -1.01. The molecule has 14 heteroatoms. The van der Waals surface area contributed by atoms with E-state index in [-0.39, 0.29) is 27.2 Å². The number of aromatic carboxylic acids is 1. The summed E-state index contributed by atoms with van der Waals surface area (Å²) in [7, 11) is 0. The van der Waals surface area contributed by atoms with Crippen molar-refractivity contribution in [1.29, 1.82) is 15.8 Å². The van der Waals surface area contributed by atoms with E-state index in [0.717, 1.165) is 39.1 Å². The monoisotopic (exact) mass is 837 g/mol. The first-order chi connectivity index (χ1) is 28.3. The normalized spacial score (nSPS) is 10.6. The molecule has 0 saturated heterocycles. The average molecular weight is 839 g/mol. The third-order valence-corrected chi connectivity index (χ3v) is 9.62. The first-order valence-corrected chi connectivity index (χ1v) is 19.0. The van der Waals surface area contributed by atoms with Crippen molar-refractivity contribution in [2.24, 2.45) is 0 Å². The van der Waals surface area contributed by atoms with Crippen LogP contribution in [0, 0.1) is 47.8 Å². The van der Waals surface area contributed by atoms with Gasteiger partial charge in [0.05, 0.1) is 33.9 Å². The first kappa shape index (κ1) is 45.5. The van der Waals surface area contributed by atoms with Crippen LogP contribution in [0.15, 0.2) is 97.6 Å². The number of anilines is 2. The number of aromatic nitrogens is 4. The highest BCUT2D eigenvalue weighted by Crippen LogP contribution is 2.30. The van der Waals surface area contributed by atoms with Crippen molar-refractivity contribution >= 4 is 46.5 Å². The molecule has 0 atom stereocenters. The van der Waals surface area contributed by atoms with Gasteiger partial charge in [0.1, 0.15) is 22.4 Å². The Kier molecular flexibility index (Phi) is 14.8. The van der Waals surface area contributed by atoms with Crippen LogP contribution in [0.1, 0.15) is 89.0 Å². The van der Waals surface area contributed by atoms with Crippen molar-refractivity contribution in [2.75, 3.05) is 11.1 Å². The smallest absolute Gasteiger partial charge is 0.335 e. The maximum absolute atomic E-state index is 12.8. The van der Waals surface area contributed by atoms with Crippen molar-refractivity contribution in [3.8, 4) is 40.5 Å². The van der Waals surface area contributed by atoms with E-state index in [9.17, 15) is 14.9 Å². The molecule has 302 valence electrons. The van der Waals surface area contributed by atoms with Gasteiger partial charge in [-0.05, 0) is 111 Å². The van der Waals surface area contributed by atoms with E-state index in [4.69, 9.17) is 44.6 Å². The molecule has 0 unspecified atom stereocenters. The zero-order valence-corrected chi connectivity index (χ0v) is 35.5. The van der Waals surface area contributed by atoms with E-state index in [2.05, 4.69) is 52.1 Å². The van der Waals surface area contributed by atoms with E-state index in [1.807, 2.05) is 68.5 Å². The van der Waals surface area contributed by atoms with Gasteiger partial charge in [-0.3, -0.25) is 14.8 Å². The molecule has 0 aliphatic rings. The summed E-state index contributed by atoms with van der Waals surface area (Å²) in [4.78, 5) is 39.8. The lowest BCUT2D eigenvalue weighted by molar-refractivity contribution is 0.0696. The highest BCUT2D eigenvalue weighted by Gasteiger charge is 2.22. The molecule has 0 radical (unpaired) electrons. The number of carboxylic acid groups (broad SMARTS) is 1. The van der Waals surface area contributed by atoms with Gasteiger partial charge < -0.3 is 16.2 Å². The van der Waals surface area contributed by atoms with Gasteiger partial charge in [-0.15, -0.1) is 0 Å². The quantitative estimate of drug-likeness (QED) is 0.106. The van der Waals surface area contributed by atoms with E-state index >= 15 is 0 Å². The molecular formula is C46H41Cl2N9O3. The molecule has 0 fully saturated rings. The number of nitrogens with two attached hydrogens (primary N) is 1. The van der Waals surface area contributed by atoms with Crippen LogP contribution in [0.4, 0.5) is 11.4 Å². The molecule has 12 nitrogen and oxygen atoms in total. The minimum Gasteiger partial charge on any atom is -0.478 e. The maximum atomic E-state index is 12.8. The molecule has 6 aromatic rings. The van der Waals surface area contributed by atoms with E-state index in [0.29, 0.717) is 33.8 Å². The van der Waals surface area contributed by atoms with Crippen molar-refractivity contribution < 1.29 is 14.7 Å². The summed E-state index contributed by atoms with van der Waals surface area (Å²) >= 11 is 11.7. The zero-order valence-electron chi connectivity index (χ0n) is 34.0. The number of carbonyl (C=O) groups excluding carboxylic acids is 1. The second kappa shape index (κ2) is 19.5. The van der Waals surface area contributed by atoms with Gasteiger partial charge >= 0.3 is 5.97 Å². The predicted molar refractivity (Wildman–Crippen MR) is 233 cm³/mol. The van der Waals surface area contributed by atoms with Crippen molar-refractivity contribution in [1.82, 2.24) is 19.9 Å². The van der Waals surface area contributed by atoms with Crippen LogP contribution in [0.2, 0.25) is 10.3 Å². The number of rotatable bonds is 6. The molecular weight excluding hydrogens is 797 g/mol. The number of benzene rings is 2. The number of nitrogen functional groups attached to an aromatic ring is 1. The van der Waals surface area contributed by atoms with Crippen LogP contribution < -0.4 is 11.1 Å². The number of nitrogens with zero attached hydrogens (tertiary/aromatic N) is 7. The summed E-state index contributed by atoms with van der Waals surface area (Å²) in [5.41, 5.74) is 14.4. The largest absolute Gasteiger partial charge is 0.478 e. The number of halogens is 2. The van der Waals surface area contributed by atoms with Gasteiger partial charge in [0.2, 0.25) is 0 Å². The van der Waals surface area contributed by atoms with Gasteiger partial charge in [-0.2, -0.15) is 15.8 Å². The standard InChI is InChI=1S/C23H21ClN4O.C13H10ClN3.C10H10N2O2/c1-14-5-6-18(11-19(14)17-9-16(12-25)21(24)27-13-17)28-22(29)15-7-8-26-20(10-15)23(2,3)4;1-8-2-3-11(16)5-12(8)10-4-9(6-15)13(14)17-7-10;1-10(2,6-11)8-5-7(9(13)14)3-4-12-8/h5-11,13H,1-4H3,(H,28,29);2-5,7H,16H2,1H3;3-5H,1-2H3,(H,13,14). The number of carboxylic acids is 1. The van der Waals surface area contributed by atoms with E-state index in [1.165, 1.54) is 18.3 Å². The van der Waals surface area contributed by atoms with Crippen LogP contribution >= 0.6 is 23.2 Å². The van der Waals surface area contributed by atoms with Crippen LogP contribution in [-0.2, 0) is 10.8 Å². The van der Waals surface area contributed by atoms with Crippen LogP contribution in [-0.4, -0.2) is 36.9 Å². The lowest BCUT2D eigenvalue weighted by Gasteiger charge is -2.18. The summed E-state index contributed by atoms with van der Waals surface area (Å²) in [5.74, 6) is -1.22. The van der Waals surface area contributed by atoms with Crippen LogP contribution in [0.3, 0.4) is 0 Å². The second-order valence-electron chi connectivity index (χ2n) is 15.1. The summed E-state index contributed by atoms with van der Waals surface area (Å²) in [5, 5.41) is 39.0. The SMILES string of the molecule is CC(C)(C#N)c1cc(C(=O)O)ccn1.Cc1ccc(N)cc1-c1cnc(Cl)c(C#N)c1.Cc1ccc(NC(=O)c2ccnc(C(C)(C)C)c2)cc1-c1cnc(Cl)c(C#N)c1. The molecule has 1 amide bonds. The molecule has 6 rings (SSSR count). The molecule has 0 aliphatic carbocycles. The number of nitrogens with one attached hydrogen (secondary N) is 1. The first-order valence-electron chi connectivity index (χ1n) is 18.3. The van der Waals surface area contributed by atoms with Crippen molar-refractivity contribution in [2.45, 2.75) is 59.3 Å². The van der Waals surface area contributed by atoms with Crippen molar-refractivity contribution in [3.05, 3.63) is 153 Å². The van der Waals surface area contributed by atoms with Gasteiger partial charge in [-0.1, -0.05) is 56.1 Å². The topological polar surface area (TPSA) is 215 Å². The van der Waals surface area contributed by atoms with E-state index in [1.54, 1.807) is 50.6 Å². The Hall–Kier alpha value is -7.17. The molecule has 0 bridgehead atoms. The van der Waals surface area contributed by atoms with Gasteiger partial charge in [0, 0.05) is 64.0 Å². The Morgan fingerprint density at radius 1 is 0.683 bits per heavy atom.